The van der Waals surface area contributed by atoms with Crippen molar-refractivity contribution >= 4 is 17.8 Å². The van der Waals surface area contributed by atoms with Gasteiger partial charge in [0.2, 0.25) is 5.91 Å². The number of aliphatic imine (C=N–C) groups is 1. The zero-order chi connectivity index (χ0) is 18.3. The van der Waals surface area contributed by atoms with E-state index in [1.807, 2.05) is 6.92 Å². The zero-order valence-corrected chi connectivity index (χ0v) is 13.6. The largest absolute Gasteiger partial charge is 0.480 e. The number of carboxylic acid groups (broad SMARTS) is 1. The van der Waals surface area contributed by atoms with Crippen molar-refractivity contribution in [2.45, 2.75) is 44.7 Å². The Labute approximate surface area is 139 Å². The number of amides is 1. The molecule has 1 aliphatic rings. The standard InChI is InChI=1S/C13H24N6O5/c1-8-4-6-18(10(7-8)12(21)22)11(20)9(14)3-2-5-16-13(15)17-19(23)24/h8-10H,2-7,14H2,1H3,(H,21,22)(H3,15,16,17). The summed E-state index contributed by atoms with van der Waals surface area (Å²) in [6, 6.07) is -1.68. The summed E-state index contributed by atoms with van der Waals surface area (Å²) in [5, 5.41) is 18.6. The number of hydrogen-bond acceptors (Lipinski definition) is 6. The molecule has 1 fully saturated rings. The van der Waals surface area contributed by atoms with Gasteiger partial charge < -0.3 is 21.5 Å². The maximum Gasteiger partial charge on any atom is 0.326 e. The molecule has 0 aromatic rings. The summed E-state index contributed by atoms with van der Waals surface area (Å²) in [6.45, 7) is 2.51. The summed E-state index contributed by atoms with van der Waals surface area (Å²) in [7, 11) is 0. The number of piperidine rings is 1. The third-order valence-corrected chi connectivity index (χ3v) is 3.91. The van der Waals surface area contributed by atoms with Crippen LogP contribution < -0.4 is 16.9 Å². The minimum Gasteiger partial charge on any atom is -0.480 e. The molecular formula is C13H24N6O5. The fourth-order valence-electron chi connectivity index (χ4n) is 2.62. The van der Waals surface area contributed by atoms with E-state index in [2.05, 4.69) is 4.99 Å². The molecule has 0 bridgehead atoms. The van der Waals surface area contributed by atoms with Crippen molar-refractivity contribution in [3.8, 4) is 0 Å². The summed E-state index contributed by atoms with van der Waals surface area (Å²) in [6.07, 6.45) is 1.85. The van der Waals surface area contributed by atoms with Crippen LogP contribution in [0.5, 0.6) is 0 Å². The fraction of sp³-hybridized carbons (Fsp3) is 0.769. The molecule has 11 heteroatoms. The quantitative estimate of drug-likeness (QED) is 0.148. The number of nitro groups is 1. The maximum absolute atomic E-state index is 12.4. The summed E-state index contributed by atoms with van der Waals surface area (Å²) >= 11 is 0. The van der Waals surface area contributed by atoms with Crippen LogP contribution >= 0.6 is 0 Å². The predicted octanol–water partition coefficient (Wildman–Crippen LogP) is -1.10. The lowest BCUT2D eigenvalue weighted by Crippen LogP contribution is -2.54. The highest BCUT2D eigenvalue weighted by Gasteiger charge is 2.36. The summed E-state index contributed by atoms with van der Waals surface area (Å²) < 4.78 is 0. The van der Waals surface area contributed by atoms with Crippen LogP contribution in [-0.2, 0) is 9.59 Å². The van der Waals surface area contributed by atoms with Gasteiger partial charge in [0.1, 0.15) is 6.04 Å². The number of likely N-dealkylation sites (tertiary alicyclic amines) is 1. The molecule has 0 aromatic carbocycles. The number of hydrazine groups is 1. The molecule has 1 heterocycles. The highest BCUT2D eigenvalue weighted by Crippen LogP contribution is 2.23. The van der Waals surface area contributed by atoms with E-state index in [-0.39, 0.29) is 24.8 Å². The molecule has 6 N–H and O–H groups in total. The van der Waals surface area contributed by atoms with Crippen molar-refractivity contribution in [2.24, 2.45) is 22.4 Å². The number of aliphatic carboxylic acids is 1. The molecule has 136 valence electrons. The van der Waals surface area contributed by atoms with Crippen LogP contribution in [0.15, 0.2) is 4.99 Å². The second kappa shape index (κ2) is 9.01. The predicted molar refractivity (Wildman–Crippen MR) is 85.4 cm³/mol. The number of carboxylic acids is 1. The number of guanidine groups is 1. The molecule has 11 nitrogen and oxygen atoms in total. The van der Waals surface area contributed by atoms with Crippen molar-refractivity contribution in [3.05, 3.63) is 10.1 Å². The first-order chi connectivity index (χ1) is 11.2. The molecule has 24 heavy (non-hydrogen) atoms. The Bertz CT molecular complexity index is 511. The summed E-state index contributed by atoms with van der Waals surface area (Å²) in [5.41, 5.74) is 12.8. The first kappa shape index (κ1) is 19.6. The molecule has 3 unspecified atom stereocenters. The number of rotatable bonds is 7. The number of hydrogen-bond donors (Lipinski definition) is 4. The molecular weight excluding hydrogens is 320 g/mol. The lowest BCUT2D eigenvalue weighted by atomic mass is 9.91. The Balaban J connectivity index is 2.49. The molecule has 3 atom stereocenters. The Morgan fingerprint density at radius 1 is 1.54 bits per heavy atom. The van der Waals surface area contributed by atoms with E-state index in [0.717, 1.165) is 6.42 Å². The average molecular weight is 344 g/mol. The second-order valence-corrected chi connectivity index (χ2v) is 5.90. The van der Waals surface area contributed by atoms with Gasteiger partial charge in [-0.3, -0.25) is 4.79 Å². The van der Waals surface area contributed by atoms with E-state index < -0.39 is 29.0 Å². The smallest absolute Gasteiger partial charge is 0.326 e. The molecule has 0 aliphatic carbocycles. The molecule has 0 aromatic heterocycles. The van der Waals surface area contributed by atoms with E-state index in [4.69, 9.17) is 11.5 Å². The van der Waals surface area contributed by atoms with Crippen LogP contribution in [0.1, 0.15) is 32.6 Å². The van der Waals surface area contributed by atoms with E-state index in [1.165, 1.54) is 4.90 Å². The van der Waals surface area contributed by atoms with Crippen molar-refractivity contribution in [1.82, 2.24) is 10.3 Å². The van der Waals surface area contributed by atoms with Gasteiger partial charge in [0.25, 0.3) is 5.96 Å². The first-order valence-electron chi connectivity index (χ1n) is 7.72. The molecule has 0 saturated carbocycles. The van der Waals surface area contributed by atoms with Crippen LogP contribution in [-0.4, -0.2) is 58.0 Å². The molecule has 1 saturated heterocycles. The molecule has 1 rings (SSSR count). The van der Waals surface area contributed by atoms with E-state index in [1.54, 1.807) is 5.43 Å². The van der Waals surface area contributed by atoms with Gasteiger partial charge in [0.15, 0.2) is 5.03 Å². The van der Waals surface area contributed by atoms with Crippen LogP contribution in [0.25, 0.3) is 0 Å². The minimum atomic E-state index is -1.02. The van der Waals surface area contributed by atoms with Gasteiger partial charge in [-0.05, 0) is 31.6 Å². The van der Waals surface area contributed by atoms with Gasteiger partial charge in [0.05, 0.1) is 6.04 Å². The molecule has 0 spiro atoms. The third kappa shape index (κ3) is 5.99. The Morgan fingerprint density at radius 2 is 2.21 bits per heavy atom. The van der Waals surface area contributed by atoms with Gasteiger partial charge in [-0.2, -0.15) is 0 Å². The number of nitrogens with two attached hydrogens (primary N) is 2. The first-order valence-corrected chi connectivity index (χ1v) is 7.72. The van der Waals surface area contributed by atoms with E-state index in [9.17, 15) is 24.8 Å². The summed E-state index contributed by atoms with van der Waals surface area (Å²) in [4.78, 5) is 38.9. The fourth-order valence-corrected chi connectivity index (χ4v) is 2.62. The Morgan fingerprint density at radius 3 is 2.79 bits per heavy atom. The van der Waals surface area contributed by atoms with Crippen LogP contribution in [0.4, 0.5) is 0 Å². The topological polar surface area (TPSA) is 177 Å². The zero-order valence-electron chi connectivity index (χ0n) is 13.6. The van der Waals surface area contributed by atoms with Crippen molar-refractivity contribution in [1.29, 1.82) is 0 Å². The van der Waals surface area contributed by atoms with Crippen LogP contribution in [0.3, 0.4) is 0 Å². The SMILES string of the molecule is CC1CCN(C(=O)C(N)CCCN=C(N)N[N+](=O)[O-])C(C(=O)O)C1. The third-order valence-electron chi connectivity index (χ3n) is 3.91. The van der Waals surface area contributed by atoms with Crippen LogP contribution in [0.2, 0.25) is 0 Å². The minimum absolute atomic E-state index is 0.174. The van der Waals surface area contributed by atoms with Crippen molar-refractivity contribution in [2.75, 3.05) is 13.1 Å². The van der Waals surface area contributed by atoms with Crippen molar-refractivity contribution < 1.29 is 19.7 Å². The Kier molecular flexibility index (Phi) is 7.36. The van der Waals surface area contributed by atoms with Crippen molar-refractivity contribution in [3.63, 3.8) is 0 Å². The molecule has 0 radical (unpaired) electrons. The molecule has 1 amide bonds. The van der Waals surface area contributed by atoms with Gasteiger partial charge in [-0.25, -0.2) is 19.9 Å². The number of carbonyl (C=O) groups is 2. The van der Waals surface area contributed by atoms with E-state index >= 15 is 0 Å². The number of carbonyl (C=O) groups excluding carboxylic acids is 1. The Hall–Kier alpha value is -2.43. The van der Waals surface area contributed by atoms with E-state index in [0.29, 0.717) is 19.4 Å². The second-order valence-electron chi connectivity index (χ2n) is 5.90. The average Bonchev–Trinajstić information content (AvgIpc) is 2.49. The number of nitrogens with zero attached hydrogens (tertiary/aromatic N) is 3. The lowest BCUT2D eigenvalue weighted by molar-refractivity contribution is -0.525. The lowest BCUT2D eigenvalue weighted by Gasteiger charge is -2.37. The van der Waals surface area contributed by atoms with Crippen LogP contribution in [0, 0.1) is 16.0 Å². The maximum atomic E-state index is 12.4. The highest BCUT2D eigenvalue weighted by atomic mass is 16.7. The van der Waals surface area contributed by atoms with Gasteiger partial charge in [-0.15, -0.1) is 0 Å². The highest BCUT2D eigenvalue weighted by molar-refractivity contribution is 5.87. The monoisotopic (exact) mass is 344 g/mol. The van der Waals surface area contributed by atoms with Gasteiger partial charge in [-0.1, -0.05) is 12.3 Å². The van der Waals surface area contributed by atoms with Gasteiger partial charge in [0, 0.05) is 13.1 Å². The molecule has 1 aliphatic heterocycles. The number of nitrogens with one attached hydrogen (secondary N) is 1. The van der Waals surface area contributed by atoms with Gasteiger partial charge >= 0.3 is 5.97 Å². The summed E-state index contributed by atoms with van der Waals surface area (Å²) in [5.74, 6) is -1.49. The normalized spacial score (nSPS) is 22.8.